The molecular weight excluding hydrogens is 420 g/mol. The van der Waals surface area contributed by atoms with Gasteiger partial charge < -0.3 is 0 Å². The summed E-state index contributed by atoms with van der Waals surface area (Å²) < 4.78 is 28.2. The van der Waals surface area contributed by atoms with Crippen LogP contribution in [0, 0.1) is 13.8 Å². The number of hydrogen-bond acceptors (Lipinski definition) is 4. The molecule has 2 heterocycles. The van der Waals surface area contributed by atoms with E-state index in [0.717, 1.165) is 32.2 Å². The van der Waals surface area contributed by atoms with E-state index >= 15 is 0 Å². The molecular formula is C26H24N2O3S. The third-order valence-corrected chi connectivity index (χ3v) is 7.94. The molecule has 32 heavy (non-hydrogen) atoms. The van der Waals surface area contributed by atoms with Crippen molar-refractivity contribution in [2.75, 3.05) is 0 Å². The van der Waals surface area contributed by atoms with Crippen LogP contribution in [0.2, 0.25) is 0 Å². The zero-order chi connectivity index (χ0) is 22.5. The Kier molecular flexibility index (Phi) is 4.90. The average molecular weight is 445 g/mol. The lowest BCUT2D eigenvalue weighted by molar-refractivity contribution is -0.144. The Labute approximate surface area is 188 Å². The first-order valence-electron chi connectivity index (χ1n) is 10.6. The summed E-state index contributed by atoms with van der Waals surface area (Å²) in [5.74, 6) is -0.601. The molecule has 2 atom stereocenters. The maximum atomic E-state index is 13.6. The highest BCUT2D eigenvalue weighted by molar-refractivity contribution is 7.89. The van der Waals surface area contributed by atoms with E-state index < -0.39 is 15.9 Å². The zero-order valence-electron chi connectivity index (χ0n) is 18.0. The Morgan fingerprint density at radius 2 is 1.56 bits per heavy atom. The van der Waals surface area contributed by atoms with Crippen LogP contribution in [0.4, 0.5) is 0 Å². The van der Waals surface area contributed by atoms with Crippen molar-refractivity contribution >= 4 is 22.0 Å². The number of sulfonamides is 1. The van der Waals surface area contributed by atoms with Gasteiger partial charge in [0.05, 0.1) is 10.9 Å². The van der Waals surface area contributed by atoms with Crippen molar-refractivity contribution in [1.82, 2.24) is 9.42 Å². The number of carbonyl (C=O) groups is 1. The lowest BCUT2D eigenvalue weighted by Gasteiger charge is -2.48. The molecule has 1 fully saturated rings. The Morgan fingerprint density at radius 3 is 2.28 bits per heavy atom. The van der Waals surface area contributed by atoms with E-state index in [9.17, 15) is 13.2 Å². The fraction of sp³-hybridized carbons (Fsp3) is 0.192. The summed E-state index contributed by atoms with van der Waals surface area (Å²) in [7, 11) is -4.06. The fourth-order valence-corrected chi connectivity index (χ4v) is 6.08. The van der Waals surface area contributed by atoms with Crippen molar-refractivity contribution in [2.24, 2.45) is 0 Å². The van der Waals surface area contributed by atoms with Gasteiger partial charge in [0.1, 0.15) is 0 Å². The molecule has 2 aliphatic heterocycles. The molecule has 6 heteroatoms. The lowest BCUT2D eigenvalue weighted by Crippen LogP contribution is -2.55. The first-order chi connectivity index (χ1) is 15.4. The Morgan fingerprint density at radius 1 is 0.875 bits per heavy atom. The number of carbonyl (C=O) groups excluding carboxylic acids is 1. The van der Waals surface area contributed by atoms with Crippen molar-refractivity contribution in [3.8, 4) is 0 Å². The summed E-state index contributed by atoms with van der Waals surface area (Å²) in [5.41, 5.74) is 5.18. The van der Waals surface area contributed by atoms with Gasteiger partial charge in [-0.3, -0.25) is 9.80 Å². The van der Waals surface area contributed by atoms with E-state index in [-0.39, 0.29) is 23.3 Å². The first-order valence-corrected chi connectivity index (χ1v) is 12.1. The highest BCUT2D eigenvalue weighted by Gasteiger charge is 2.47. The van der Waals surface area contributed by atoms with Gasteiger partial charge in [-0.15, -0.1) is 4.41 Å². The molecule has 162 valence electrons. The van der Waals surface area contributed by atoms with Crippen LogP contribution in [-0.2, 0) is 14.8 Å². The van der Waals surface area contributed by atoms with Crippen molar-refractivity contribution in [3.63, 3.8) is 0 Å². The van der Waals surface area contributed by atoms with Crippen LogP contribution >= 0.6 is 0 Å². The number of amides is 1. The second kappa shape index (κ2) is 7.64. The summed E-state index contributed by atoms with van der Waals surface area (Å²) in [6, 6.07) is 22.3. The van der Waals surface area contributed by atoms with Gasteiger partial charge in [0.2, 0.25) is 0 Å². The molecule has 1 saturated heterocycles. The van der Waals surface area contributed by atoms with Crippen LogP contribution < -0.4 is 0 Å². The lowest BCUT2D eigenvalue weighted by atomic mass is 9.80. The quantitative estimate of drug-likeness (QED) is 0.574. The predicted octanol–water partition coefficient (Wildman–Crippen LogP) is 4.95. The summed E-state index contributed by atoms with van der Waals surface area (Å²) in [5, 5.41) is 1.61. The van der Waals surface area contributed by atoms with Crippen LogP contribution in [-0.4, -0.2) is 23.7 Å². The van der Waals surface area contributed by atoms with Crippen LogP contribution in [0.25, 0.3) is 6.08 Å². The summed E-state index contributed by atoms with van der Waals surface area (Å²) in [6.07, 6.45) is 3.72. The van der Waals surface area contributed by atoms with Crippen molar-refractivity contribution < 1.29 is 13.2 Å². The van der Waals surface area contributed by atoms with E-state index in [1.807, 2.05) is 62.4 Å². The molecule has 5 rings (SSSR count). The maximum Gasteiger partial charge on any atom is 0.284 e. The largest absolute Gasteiger partial charge is 0.284 e. The molecule has 0 aromatic heterocycles. The second-order valence-electron chi connectivity index (χ2n) is 8.45. The number of hydrogen-bond donors (Lipinski definition) is 0. The van der Waals surface area contributed by atoms with Crippen LogP contribution in [0.1, 0.15) is 46.2 Å². The normalized spacial score (nSPS) is 20.1. The summed E-state index contributed by atoms with van der Waals surface area (Å²) >= 11 is 0. The molecule has 0 bridgehead atoms. The molecule has 2 aliphatic rings. The van der Waals surface area contributed by atoms with Gasteiger partial charge in [0.25, 0.3) is 15.9 Å². The molecule has 3 aromatic rings. The number of benzene rings is 3. The third kappa shape index (κ3) is 3.31. The van der Waals surface area contributed by atoms with Gasteiger partial charge in [-0.05, 0) is 48.7 Å². The molecule has 0 saturated carbocycles. The summed E-state index contributed by atoms with van der Waals surface area (Å²) in [4.78, 5) is 13.5. The Hall–Kier alpha value is -3.38. The average Bonchev–Trinajstić information content (AvgIpc) is 2.78. The standard InChI is InChI=1S/C26H24N2O3S/c1-18-8-11-22(12-9-18)32(30,31)28-25(29)17-24(20-6-4-3-5-7-20)26-23-13-10-19(2)16-21(23)14-15-27(26)28/h3-16,24,26H,17H2,1-2H3/t24-,26?/m1/s1. The zero-order valence-corrected chi connectivity index (χ0v) is 18.8. The van der Waals surface area contributed by atoms with Crippen LogP contribution in [0.5, 0.6) is 0 Å². The molecule has 0 N–H and O–H groups in total. The SMILES string of the molecule is Cc1ccc(S(=O)(=O)N2C(=O)C[C@H](c3ccccc3)C3c4ccc(C)cc4C=CN32)cc1. The molecule has 0 radical (unpaired) electrons. The van der Waals surface area contributed by atoms with E-state index in [1.165, 1.54) is 0 Å². The summed E-state index contributed by atoms with van der Waals surface area (Å²) in [6.45, 7) is 3.93. The van der Waals surface area contributed by atoms with E-state index in [4.69, 9.17) is 0 Å². The van der Waals surface area contributed by atoms with Crippen molar-refractivity contribution in [3.05, 3.63) is 107 Å². The minimum Gasteiger partial charge on any atom is -0.272 e. The van der Waals surface area contributed by atoms with Gasteiger partial charge in [0, 0.05) is 18.5 Å². The molecule has 0 spiro atoms. The van der Waals surface area contributed by atoms with E-state index in [1.54, 1.807) is 35.5 Å². The number of nitrogens with zero attached hydrogens (tertiary/aromatic N) is 2. The van der Waals surface area contributed by atoms with Gasteiger partial charge in [-0.1, -0.05) is 71.8 Å². The molecule has 1 unspecified atom stereocenters. The second-order valence-corrected chi connectivity index (χ2v) is 10.2. The van der Waals surface area contributed by atoms with Crippen molar-refractivity contribution in [1.29, 1.82) is 0 Å². The first kappa shape index (κ1) is 20.5. The molecule has 1 amide bonds. The minimum absolute atomic E-state index is 0.108. The molecule has 3 aromatic carbocycles. The highest BCUT2D eigenvalue weighted by Crippen LogP contribution is 2.48. The number of rotatable bonds is 3. The maximum absolute atomic E-state index is 13.6. The number of aryl methyl sites for hydroxylation is 2. The highest BCUT2D eigenvalue weighted by atomic mass is 32.2. The van der Waals surface area contributed by atoms with Gasteiger partial charge >= 0.3 is 0 Å². The Bertz CT molecular complexity index is 1310. The van der Waals surface area contributed by atoms with Crippen molar-refractivity contribution in [2.45, 2.75) is 37.1 Å². The van der Waals surface area contributed by atoms with Gasteiger partial charge in [0.15, 0.2) is 0 Å². The van der Waals surface area contributed by atoms with Crippen LogP contribution in [0.3, 0.4) is 0 Å². The van der Waals surface area contributed by atoms with E-state index in [0.29, 0.717) is 0 Å². The van der Waals surface area contributed by atoms with Gasteiger partial charge in [-0.25, -0.2) is 0 Å². The van der Waals surface area contributed by atoms with Crippen LogP contribution in [0.15, 0.2) is 83.9 Å². The Balaban J connectivity index is 1.66. The van der Waals surface area contributed by atoms with Gasteiger partial charge in [-0.2, -0.15) is 8.42 Å². The predicted molar refractivity (Wildman–Crippen MR) is 124 cm³/mol. The smallest absolute Gasteiger partial charge is 0.272 e. The molecule has 5 nitrogen and oxygen atoms in total. The topological polar surface area (TPSA) is 57.7 Å². The monoisotopic (exact) mass is 444 g/mol. The third-order valence-electron chi connectivity index (χ3n) is 6.23. The molecule has 0 aliphatic carbocycles. The fourth-order valence-electron chi connectivity index (χ4n) is 4.65. The van der Waals surface area contributed by atoms with E-state index in [2.05, 4.69) is 6.07 Å². The number of fused-ring (bicyclic) bond motifs is 3. The minimum atomic E-state index is -4.06. The number of hydrazine groups is 1.